The van der Waals surface area contributed by atoms with Gasteiger partial charge in [0.1, 0.15) is 0 Å². The molecule has 0 aliphatic carbocycles. The zero-order chi connectivity index (χ0) is 23.8. The molecule has 0 aliphatic rings. The predicted molar refractivity (Wildman–Crippen MR) is 148 cm³/mol. The summed E-state index contributed by atoms with van der Waals surface area (Å²) in [6.07, 6.45) is 12.6. The first-order valence-corrected chi connectivity index (χ1v) is 13.1. The first-order valence-electron chi connectivity index (χ1n) is 13.1. The van der Waals surface area contributed by atoms with E-state index < -0.39 is 0 Å². The van der Waals surface area contributed by atoms with Crippen LogP contribution >= 0.6 is 0 Å². The van der Waals surface area contributed by atoms with E-state index in [-0.39, 0.29) is 0 Å². The second-order valence-electron chi connectivity index (χ2n) is 9.02. The van der Waals surface area contributed by atoms with E-state index in [0.29, 0.717) is 0 Å². The summed E-state index contributed by atoms with van der Waals surface area (Å²) >= 11 is 0. The van der Waals surface area contributed by atoms with Crippen LogP contribution in [-0.4, -0.2) is 0 Å². The van der Waals surface area contributed by atoms with Crippen molar-refractivity contribution < 1.29 is 0 Å². The number of benzene rings is 3. The molecule has 0 bridgehead atoms. The van der Waals surface area contributed by atoms with E-state index in [0.717, 1.165) is 23.1 Å². The lowest BCUT2D eigenvalue weighted by Crippen LogP contribution is -1.87. The number of unbranched alkanes of at least 4 members (excludes halogenated alkanes) is 7. The van der Waals surface area contributed by atoms with Gasteiger partial charge in [0, 0.05) is 23.1 Å². The van der Waals surface area contributed by atoms with Crippen molar-refractivity contribution in [2.45, 2.75) is 78.1 Å². The van der Waals surface area contributed by atoms with E-state index >= 15 is 0 Å². The minimum Gasteiger partial charge on any atom is -0.0979 e. The van der Waals surface area contributed by atoms with Crippen LogP contribution in [0.3, 0.4) is 0 Å². The van der Waals surface area contributed by atoms with Gasteiger partial charge in [-0.2, -0.15) is 0 Å². The topological polar surface area (TPSA) is 0 Å². The van der Waals surface area contributed by atoms with Gasteiger partial charge in [0.05, 0.1) is 0 Å². The molecule has 0 atom stereocenters. The zero-order valence-corrected chi connectivity index (χ0v) is 21.0. The van der Waals surface area contributed by atoms with Crippen LogP contribution < -0.4 is 0 Å². The molecule has 0 heterocycles. The Morgan fingerprint density at radius 3 is 1.53 bits per heavy atom. The van der Waals surface area contributed by atoms with Crippen LogP contribution in [0.2, 0.25) is 0 Å². The lowest BCUT2D eigenvalue weighted by Gasteiger charge is -2.05. The highest BCUT2D eigenvalue weighted by Gasteiger charge is 1.99. The number of hydrogen-bond donors (Lipinski definition) is 0. The summed E-state index contributed by atoms with van der Waals surface area (Å²) in [5, 5.41) is 0. The highest BCUT2D eigenvalue weighted by molar-refractivity contribution is 5.64. The van der Waals surface area contributed by atoms with Crippen molar-refractivity contribution in [3.05, 3.63) is 95.1 Å². The molecule has 34 heavy (non-hydrogen) atoms. The van der Waals surface area contributed by atoms with Crippen molar-refractivity contribution in [2.24, 2.45) is 0 Å². The minimum absolute atomic E-state index is 0.970. The Kier molecular flexibility index (Phi) is 11.1. The summed E-state index contributed by atoms with van der Waals surface area (Å²) in [4.78, 5) is 0. The number of hydrogen-bond acceptors (Lipinski definition) is 0. The van der Waals surface area contributed by atoms with E-state index in [4.69, 9.17) is 0 Å². The SMILES string of the molecule is CCCCC#Cc1ccc(C#Cc2ccc(-c3ccc(CCCCCCCC)cc3)cc2)cc1. The largest absolute Gasteiger partial charge is 0.0979 e. The van der Waals surface area contributed by atoms with E-state index in [9.17, 15) is 0 Å². The molecule has 0 heteroatoms. The third kappa shape index (κ3) is 8.96. The van der Waals surface area contributed by atoms with Crippen LogP contribution in [-0.2, 0) is 6.42 Å². The first kappa shape index (κ1) is 25.4. The minimum atomic E-state index is 0.970. The van der Waals surface area contributed by atoms with Crippen LogP contribution in [0, 0.1) is 23.7 Å². The molecule has 3 aromatic carbocycles. The van der Waals surface area contributed by atoms with Crippen LogP contribution in [0.15, 0.2) is 72.8 Å². The average molecular weight is 447 g/mol. The van der Waals surface area contributed by atoms with Gasteiger partial charge in [-0.3, -0.25) is 0 Å². The third-order valence-corrected chi connectivity index (χ3v) is 6.12. The Morgan fingerprint density at radius 2 is 0.941 bits per heavy atom. The molecule has 0 amide bonds. The van der Waals surface area contributed by atoms with Crippen LogP contribution in [0.1, 0.15) is 93.9 Å². The second kappa shape index (κ2) is 14.8. The van der Waals surface area contributed by atoms with Gasteiger partial charge in [-0.25, -0.2) is 0 Å². The summed E-state index contributed by atoms with van der Waals surface area (Å²) in [5.74, 6) is 13.0. The van der Waals surface area contributed by atoms with E-state index in [1.165, 1.54) is 74.5 Å². The van der Waals surface area contributed by atoms with Gasteiger partial charge in [0.25, 0.3) is 0 Å². The fourth-order valence-electron chi connectivity index (χ4n) is 3.93. The molecule has 174 valence electrons. The zero-order valence-electron chi connectivity index (χ0n) is 21.0. The molecule has 0 saturated heterocycles. The monoisotopic (exact) mass is 446 g/mol. The van der Waals surface area contributed by atoms with Crippen molar-refractivity contribution in [1.82, 2.24) is 0 Å². The van der Waals surface area contributed by atoms with Gasteiger partial charge in [0.15, 0.2) is 0 Å². The third-order valence-electron chi connectivity index (χ3n) is 6.12. The Morgan fingerprint density at radius 1 is 0.471 bits per heavy atom. The Hall–Kier alpha value is -3.22. The van der Waals surface area contributed by atoms with Gasteiger partial charge >= 0.3 is 0 Å². The summed E-state index contributed by atoms with van der Waals surface area (Å²) in [7, 11) is 0. The van der Waals surface area contributed by atoms with E-state index in [2.05, 4.69) is 110 Å². The summed E-state index contributed by atoms with van der Waals surface area (Å²) in [6, 6.07) is 25.9. The molecular formula is C34H38. The van der Waals surface area contributed by atoms with Crippen molar-refractivity contribution in [3.63, 3.8) is 0 Å². The maximum Gasteiger partial charge on any atom is 0.0249 e. The second-order valence-corrected chi connectivity index (χ2v) is 9.02. The normalized spacial score (nSPS) is 10.2. The fraction of sp³-hybridized carbons (Fsp3) is 0.353. The Labute approximate surface area is 207 Å². The molecule has 0 spiro atoms. The highest BCUT2D eigenvalue weighted by atomic mass is 14.0. The summed E-state index contributed by atoms with van der Waals surface area (Å²) in [6.45, 7) is 4.46. The van der Waals surface area contributed by atoms with Crippen LogP contribution in [0.5, 0.6) is 0 Å². The molecule has 0 aliphatic heterocycles. The number of rotatable bonds is 10. The number of aryl methyl sites for hydroxylation is 1. The standard InChI is InChI=1S/C34H38/c1-3-5-7-9-10-12-14-30-21-25-33(26-22-30)34-27-23-32(24-28-34)20-19-31-17-15-29(16-18-31)13-11-8-6-4-2/h15-18,21-28H,3-10,12,14H2,1-2H3. The van der Waals surface area contributed by atoms with Crippen molar-refractivity contribution in [1.29, 1.82) is 0 Å². The molecule has 0 aromatic heterocycles. The molecule has 0 N–H and O–H groups in total. The van der Waals surface area contributed by atoms with Crippen LogP contribution in [0.25, 0.3) is 11.1 Å². The van der Waals surface area contributed by atoms with E-state index in [1.54, 1.807) is 0 Å². The fourth-order valence-corrected chi connectivity index (χ4v) is 3.93. The van der Waals surface area contributed by atoms with Gasteiger partial charge in [-0.1, -0.05) is 112 Å². The van der Waals surface area contributed by atoms with E-state index in [1.807, 2.05) is 0 Å². The van der Waals surface area contributed by atoms with Gasteiger partial charge in [0.2, 0.25) is 0 Å². The maximum absolute atomic E-state index is 3.28. The van der Waals surface area contributed by atoms with Gasteiger partial charge in [-0.15, -0.1) is 0 Å². The first-order chi connectivity index (χ1) is 16.8. The quantitative estimate of drug-likeness (QED) is 0.215. The lowest BCUT2D eigenvalue weighted by atomic mass is 10.00. The molecule has 0 saturated carbocycles. The van der Waals surface area contributed by atoms with Crippen molar-refractivity contribution >= 4 is 0 Å². The summed E-state index contributed by atoms with van der Waals surface area (Å²) in [5.41, 5.74) is 7.06. The Balaban J connectivity index is 1.51. The van der Waals surface area contributed by atoms with Gasteiger partial charge in [-0.05, 0) is 72.4 Å². The molecule has 0 nitrogen and oxygen atoms in total. The molecule has 3 aromatic rings. The summed E-state index contributed by atoms with van der Waals surface area (Å²) < 4.78 is 0. The average Bonchev–Trinajstić information content (AvgIpc) is 2.89. The van der Waals surface area contributed by atoms with Crippen LogP contribution in [0.4, 0.5) is 0 Å². The smallest absolute Gasteiger partial charge is 0.0249 e. The lowest BCUT2D eigenvalue weighted by molar-refractivity contribution is 0.607. The molecule has 0 unspecified atom stereocenters. The molecule has 0 radical (unpaired) electrons. The molecule has 3 rings (SSSR count). The van der Waals surface area contributed by atoms with Gasteiger partial charge < -0.3 is 0 Å². The highest BCUT2D eigenvalue weighted by Crippen LogP contribution is 2.21. The molecule has 0 fully saturated rings. The van der Waals surface area contributed by atoms with Crippen molar-refractivity contribution in [3.8, 4) is 34.8 Å². The van der Waals surface area contributed by atoms with Crippen molar-refractivity contribution in [2.75, 3.05) is 0 Å². The predicted octanol–water partition coefficient (Wildman–Crippen LogP) is 9.20. The maximum atomic E-state index is 3.28. The Bertz CT molecular complexity index is 1090. The molecular weight excluding hydrogens is 408 g/mol.